The molecule has 1 aromatic rings. The third kappa shape index (κ3) is 3.56. The van der Waals surface area contributed by atoms with Gasteiger partial charge in [-0.25, -0.2) is 0 Å². The van der Waals surface area contributed by atoms with Crippen LogP contribution in [0.4, 0.5) is 0 Å². The molecule has 3 nitrogen and oxygen atoms in total. The van der Waals surface area contributed by atoms with Crippen molar-refractivity contribution in [1.29, 1.82) is 0 Å². The fourth-order valence-corrected chi connectivity index (χ4v) is 1.63. The predicted molar refractivity (Wildman–Crippen MR) is 71.3 cm³/mol. The Labute approximate surface area is 104 Å². The standard InChI is InChI=1S/C14H22N2O/c1-11(2)16(4)14(17)13-8-6-5-7-12(13)9-10-15-3/h5-8,11,15H,9-10H2,1-4H3. The first-order valence-corrected chi connectivity index (χ1v) is 6.07. The van der Waals surface area contributed by atoms with E-state index in [2.05, 4.69) is 5.32 Å². The number of amides is 1. The van der Waals surface area contributed by atoms with Crippen LogP contribution in [0, 0.1) is 0 Å². The molecule has 0 radical (unpaired) electrons. The third-order valence-corrected chi connectivity index (χ3v) is 2.99. The SMILES string of the molecule is CNCCc1ccccc1C(=O)N(C)C(C)C. The van der Waals surface area contributed by atoms with Crippen LogP contribution in [0.15, 0.2) is 24.3 Å². The molecule has 0 saturated carbocycles. The van der Waals surface area contributed by atoms with Gasteiger partial charge in [-0.15, -0.1) is 0 Å². The molecule has 0 bridgehead atoms. The third-order valence-electron chi connectivity index (χ3n) is 2.99. The minimum atomic E-state index is 0.103. The number of carbonyl (C=O) groups excluding carboxylic acids is 1. The van der Waals surface area contributed by atoms with Crippen molar-refractivity contribution in [2.45, 2.75) is 26.3 Å². The van der Waals surface area contributed by atoms with Crippen LogP contribution in [-0.2, 0) is 6.42 Å². The second-order valence-electron chi connectivity index (χ2n) is 4.52. The van der Waals surface area contributed by atoms with Gasteiger partial charge in [-0.2, -0.15) is 0 Å². The van der Waals surface area contributed by atoms with E-state index in [1.54, 1.807) is 4.90 Å². The number of benzene rings is 1. The molecule has 1 aromatic carbocycles. The molecule has 0 saturated heterocycles. The van der Waals surface area contributed by atoms with E-state index < -0.39 is 0 Å². The van der Waals surface area contributed by atoms with Gasteiger partial charge in [0.15, 0.2) is 0 Å². The van der Waals surface area contributed by atoms with E-state index in [-0.39, 0.29) is 11.9 Å². The molecule has 0 aliphatic carbocycles. The molecule has 0 heterocycles. The molecule has 0 fully saturated rings. The summed E-state index contributed by atoms with van der Waals surface area (Å²) in [5.41, 5.74) is 1.93. The molecule has 0 atom stereocenters. The lowest BCUT2D eigenvalue weighted by molar-refractivity contribution is 0.0754. The average Bonchev–Trinajstić information content (AvgIpc) is 2.34. The quantitative estimate of drug-likeness (QED) is 0.844. The highest BCUT2D eigenvalue weighted by atomic mass is 16.2. The van der Waals surface area contributed by atoms with Crippen LogP contribution in [0.2, 0.25) is 0 Å². The van der Waals surface area contributed by atoms with Gasteiger partial charge >= 0.3 is 0 Å². The number of likely N-dealkylation sites (N-methyl/N-ethyl adjacent to an activating group) is 1. The van der Waals surface area contributed by atoms with E-state index in [9.17, 15) is 4.79 Å². The molecule has 17 heavy (non-hydrogen) atoms. The van der Waals surface area contributed by atoms with Crippen LogP contribution in [0.5, 0.6) is 0 Å². The summed E-state index contributed by atoms with van der Waals surface area (Å²) in [4.78, 5) is 14.1. The Morgan fingerprint density at radius 3 is 2.59 bits per heavy atom. The molecular formula is C14H22N2O. The highest BCUT2D eigenvalue weighted by Gasteiger charge is 2.16. The van der Waals surface area contributed by atoms with Crippen LogP contribution < -0.4 is 5.32 Å². The van der Waals surface area contributed by atoms with Gasteiger partial charge < -0.3 is 10.2 Å². The van der Waals surface area contributed by atoms with Crippen LogP contribution in [0.3, 0.4) is 0 Å². The highest BCUT2D eigenvalue weighted by Crippen LogP contribution is 2.13. The van der Waals surface area contributed by atoms with Crippen molar-refractivity contribution in [3.05, 3.63) is 35.4 Å². The van der Waals surface area contributed by atoms with Crippen LogP contribution in [0.25, 0.3) is 0 Å². The van der Waals surface area contributed by atoms with Crippen molar-refractivity contribution in [2.75, 3.05) is 20.6 Å². The van der Waals surface area contributed by atoms with Gasteiger partial charge in [0.2, 0.25) is 0 Å². The average molecular weight is 234 g/mol. The second-order valence-corrected chi connectivity index (χ2v) is 4.52. The van der Waals surface area contributed by atoms with Gasteiger partial charge in [-0.1, -0.05) is 18.2 Å². The Kier molecular flexibility index (Phi) is 5.16. The summed E-state index contributed by atoms with van der Waals surface area (Å²) >= 11 is 0. The smallest absolute Gasteiger partial charge is 0.254 e. The molecule has 0 aliphatic rings. The van der Waals surface area contributed by atoms with E-state index in [4.69, 9.17) is 0 Å². The van der Waals surface area contributed by atoms with Crippen molar-refractivity contribution in [3.8, 4) is 0 Å². The Morgan fingerprint density at radius 2 is 2.00 bits per heavy atom. The normalized spacial score (nSPS) is 10.6. The summed E-state index contributed by atoms with van der Waals surface area (Å²) in [6.45, 7) is 4.93. The van der Waals surface area contributed by atoms with E-state index in [0.717, 1.165) is 24.1 Å². The molecule has 0 aromatic heterocycles. The van der Waals surface area contributed by atoms with Crippen LogP contribution in [0.1, 0.15) is 29.8 Å². The summed E-state index contributed by atoms with van der Waals surface area (Å²) < 4.78 is 0. The lowest BCUT2D eigenvalue weighted by Gasteiger charge is -2.22. The van der Waals surface area contributed by atoms with Crippen molar-refractivity contribution >= 4 is 5.91 Å². The van der Waals surface area contributed by atoms with Crippen molar-refractivity contribution < 1.29 is 4.79 Å². The van der Waals surface area contributed by atoms with Crippen molar-refractivity contribution in [1.82, 2.24) is 10.2 Å². The van der Waals surface area contributed by atoms with E-state index in [1.807, 2.05) is 52.2 Å². The highest BCUT2D eigenvalue weighted by molar-refractivity contribution is 5.95. The van der Waals surface area contributed by atoms with Gasteiger partial charge in [0.1, 0.15) is 0 Å². The predicted octanol–water partition coefficient (Wildman–Crippen LogP) is 1.93. The van der Waals surface area contributed by atoms with E-state index in [1.165, 1.54) is 0 Å². The minimum absolute atomic E-state index is 0.103. The molecule has 1 amide bonds. The Hall–Kier alpha value is -1.35. The van der Waals surface area contributed by atoms with Gasteiger partial charge in [0.05, 0.1) is 0 Å². The first-order chi connectivity index (χ1) is 8.07. The fourth-order valence-electron chi connectivity index (χ4n) is 1.63. The van der Waals surface area contributed by atoms with Gasteiger partial charge in [-0.3, -0.25) is 4.79 Å². The first kappa shape index (κ1) is 13.7. The van der Waals surface area contributed by atoms with E-state index in [0.29, 0.717) is 0 Å². The zero-order valence-electron chi connectivity index (χ0n) is 11.2. The minimum Gasteiger partial charge on any atom is -0.339 e. The Balaban J connectivity index is 2.92. The maximum absolute atomic E-state index is 12.3. The molecule has 1 N–H and O–H groups in total. The summed E-state index contributed by atoms with van der Waals surface area (Å²) in [5, 5.41) is 3.11. The van der Waals surface area contributed by atoms with E-state index >= 15 is 0 Å². The molecule has 0 unspecified atom stereocenters. The molecule has 0 spiro atoms. The lowest BCUT2D eigenvalue weighted by Crippen LogP contribution is -2.33. The largest absolute Gasteiger partial charge is 0.339 e. The monoisotopic (exact) mass is 234 g/mol. The molecule has 94 valence electrons. The first-order valence-electron chi connectivity index (χ1n) is 6.07. The second kappa shape index (κ2) is 6.40. The number of carbonyl (C=O) groups is 1. The zero-order valence-corrected chi connectivity index (χ0v) is 11.2. The van der Waals surface area contributed by atoms with Crippen molar-refractivity contribution in [2.24, 2.45) is 0 Å². The van der Waals surface area contributed by atoms with Crippen LogP contribution in [-0.4, -0.2) is 37.5 Å². The van der Waals surface area contributed by atoms with Crippen molar-refractivity contribution in [3.63, 3.8) is 0 Å². The maximum Gasteiger partial charge on any atom is 0.254 e. The topological polar surface area (TPSA) is 32.3 Å². The summed E-state index contributed by atoms with van der Waals surface area (Å²) in [7, 11) is 3.77. The molecule has 0 aliphatic heterocycles. The summed E-state index contributed by atoms with van der Waals surface area (Å²) in [6, 6.07) is 8.06. The number of nitrogens with one attached hydrogen (secondary N) is 1. The Bertz CT molecular complexity index is 374. The van der Waals surface area contributed by atoms with Crippen LogP contribution >= 0.6 is 0 Å². The number of hydrogen-bond donors (Lipinski definition) is 1. The summed E-state index contributed by atoms with van der Waals surface area (Å²) in [5.74, 6) is 0.103. The molecule has 3 heteroatoms. The van der Waals surface area contributed by atoms with Gasteiger partial charge in [-0.05, 0) is 45.5 Å². The maximum atomic E-state index is 12.3. The summed E-state index contributed by atoms with van der Waals surface area (Å²) in [6.07, 6.45) is 0.879. The lowest BCUT2D eigenvalue weighted by atomic mass is 10.0. The number of nitrogens with zero attached hydrogens (tertiary/aromatic N) is 1. The van der Waals surface area contributed by atoms with Gasteiger partial charge in [0.25, 0.3) is 5.91 Å². The van der Waals surface area contributed by atoms with Gasteiger partial charge in [0, 0.05) is 18.7 Å². The fraction of sp³-hybridized carbons (Fsp3) is 0.500. The number of rotatable bonds is 5. The number of hydrogen-bond acceptors (Lipinski definition) is 2. The zero-order chi connectivity index (χ0) is 12.8. The molecular weight excluding hydrogens is 212 g/mol. The Morgan fingerprint density at radius 1 is 1.35 bits per heavy atom. The molecule has 1 rings (SSSR count).